The number of hydrogen-bond donors (Lipinski definition) is 1. The molecule has 1 N–H and O–H groups in total. The number of fused-ring (bicyclic) bond motifs is 1. The van der Waals surface area contributed by atoms with Crippen molar-refractivity contribution in [3.63, 3.8) is 0 Å². The molecule has 3 rings (SSSR count). The minimum atomic E-state index is -0.00567. The van der Waals surface area contributed by atoms with Crippen molar-refractivity contribution in [2.45, 2.75) is 6.92 Å². The number of carbonyl (C=O) groups is 1. The average molecular weight is 366 g/mol. The summed E-state index contributed by atoms with van der Waals surface area (Å²) in [6.45, 7) is 6.64. The second-order valence-electron chi connectivity index (χ2n) is 5.97. The molecule has 8 heteroatoms. The first kappa shape index (κ1) is 17.4. The molecule has 6 nitrogen and oxygen atoms in total. The molecule has 0 saturated carbocycles. The van der Waals surface area contributed by atoms with Crippen LogP contribution in [0.25, 0.3) is 10.2 Å². The number of aryl methyl sites for hydroxylation is 1. The molecule has 0 unspecified atom stereocenters. The number of thiophene rings is 1. The highest BCUT2D eigenvalue weighted by atomic mass is 32.2. The van der Waals surface area contributed by atoms with Crippen LogP contribution in [0.2, 0.25) is 0 Å². The molecule has 1 aliphatic rings. The lowest BCUT2D eigenvalue weighted by Crippen LogP contribution is -2.44. The second kappa shape index (κ2) is 7.67. The molecule has 1 aliphatic heterocycles. The standard InChI is InChI=1S/C16H23N5OS2/c1-11-12-14(21-7-5-20(2)6-8-21)18-10-19-16(12)24-13(11)15(22)17-4-9-23-3/h10H,4-9H2,1-3H3,(H,17,22). The summed E-state index contributed by atoms with van der Waals surface area (Å²) in [5.74, 6) is 1.88. The second-order valence-corrected chi connectivity index (χ2v) is 7.96. The Bertz CT molecular complexity index is 725. The lowest BCUT2D eigenvalue weighted by molar-refractivity contribution is 0.0960. The van der Waals surface area contributed by atoms with Gasteiger partial charge in [0.1, 0.15) is 17.0 Å². The van der Waals surface area contributed by atoms with E-state index < -0.39 is 0 Å². The monoisotopic (exact) mass is 365 g/mol. The molecule has 2 aromatic heterocycles. The number of anilines is 1. The number of amides is 1. The van der Waals surface area contributed by atoms with Crippen molar-refractivity contribution >= 4 is 45.0 Å². The van der Waals surface area contributed by atoms with Gasteiger partial charge in [-0.25, -0.2) is 9.97 Å². The normalized spacial score (nSPS) is 15.9. The lowest BCUT2D eigenvalue weighted by atomic mass is 10.1. The highest BCUT2D eigenvalue weighted by molar-refractivity contribution is 7.98. The predicted octanol–water partition coefficient (Wildman–Crippen LogP) is 1.84. The highest BCUT2D eigenvalue weighted by Gasteiger charge is 2.23. The van der Waals surface area contributed by atoms with E-state index in [0.29, 0.717) is 6.54 Å². The minimum absolute atomic E-state index is 0.00567. The molecule has 0 aliphatic carbocycles. The van der Waals surface area contributed by atoms with E-state index in [-0.39, 0.29) is 5.91 Å². The Balaban J connectivity index is 1.91. The Morgan fingerprint density at radius 3 is 2.79 bits per heavy atom. The van der Waals surface area contributed by atoms with Gasteiger partial charge in [0.05, 0.1) is 10.3 Å². The van der Waals surface area contributed by atoms with Crippen LogP contribution in [0.5, 0.6) is 0 Å². The number of thioether (sulfide) groups is 1. The van der Waals surface area contributed by atoms with Gasteiger partial charge in [-0.15, -0.1) is 11.3 Å². The largest absolute Gasteiger partial charge is 0.353 e. The van der Waals surface area contributed by atoms with Gasteiger partial charge in [0.2, 0.25) is 0 Å². The van der Waals surface area contributed by atoms with Gasteiger partial charge < -0.3 is 15.1 Å². The Morgan fingerprint density at radius 2 is 2.08 bits per heavy atom. The van der Waals surface area contributed by atoms with Crippen LogP contribution in [0.1, 0.15) is 15.2 Å². The summed E-state index contributed by atoms with van der Waals surface area (Å²) in [5, 5.41) is 4.02. The third-order valence-corrected chi connectivity index (χ3v) is 6.12. The molecule has 1 amide bonds. The molecule has 0 aromatic carbocycles. The zero-order chi connectivity index (χ0) is 17.1. The van der Waals surface area contributed by atoms with Crippen LogP contribution < -0.4 is 10.2 Å². The molecule has 0 spiro atoms. The van der Waals surface area contributed by atoms with Crippen molar-refractivity contribution in [1.82, 2.24) is 20.2 Å². The van der Waals surface area contributed by atoms with Crippen LogP contribution in [0.3, 0.4) is 0 Å². The van der Waals surface area contributed by atoms with Crippen LogP contribution >= 0.6 is 23.1 Å². The molecule has 2 aromatic rings. The molecule has 130 valence electrons. The van der Waals surface area contributed by atoms with E-state index in [4.69, 9.17) is 0 Å². The average Bonchev–Trinajstić information content (AvgIpc) is 2.93. The van der Waals surface area contributed by atoms with Crippen LogP contribution in [0, 0.1) is 6.92 Å². The number of aromatic nitrogens is 2. The van der Waals surface area contributed by atoms with Gasteiger partial charge in [-0.2, -0.15) is 11.8 Å². The van der Waals surface area contributed by atoms with Gasteiger partial charge in [0.25, 0.3) is 5.91 Å². The molecular formula is C16H23N5OS2. The molecule has 24 heavy (non-hydrogen) atoms. The van der Waals surface area contributed by atoms with Crippen LogP contribution in [0.4, 0.5) is 5.82 Å². The van der Waals surface area contributed by atoms with Gasteiger partial charge in [-0.05, 0) is 25.8 Å². The first-order valence-corrected chi connectivity index (χ1v) is 10.3. The van der Waals surface area contributed by atoms with Crippen molar-refractivity contribution in [1.29, 1.82) is 0 Å². The maximum absolute atomic E-state index is 12.5. The van der Waals surface area contributed by atoms with Crippen molar-refractivity contribution < 1.29 is 4.79 Å². The number of likely N-dealkylation sites (N-methyl/N-ethyl adjacent to an activating group) is 1. The van der Waals surface area contributed by atoms with Crippen molar-refractivity contribution in [3.05, 3.63) is 16.8 Å². The quantitative estimate of drug-likeness (QED) is 0.816. The molecule has 0 atom stereocenters. The first-order valence-electron chi connectivity index (χ1n) is 8.06. The summed E-state index contributed by atoms with van der Waals surface area (Å²) in [4.78, 5) is 27.7. The summed E-state index contributed by atoms with van der Waals surface area (Å²) in [5.41, 5.74) is 0.992. The number of nitrogens with zero attached hydrogens (tertiary/aromatic N) is 4. The Morgan fingerprint density at radius 1 is 1.33 bits per heavy atom. The van der Waals surface area contributed by atoms with E-state index in [0.717, 1.165) is 58.4 Å². The highest BCUT2D eigenvalue weighted by Crippen LogP contribution is 2.35. The third kappa shape index (κ3) is 3.50. The number of piperazine rings is 1. The molecular weight excluding hydrogens is 342 g/mol. The maximum atomic E-state index is 12.5. The SMILES string of the molecule is CSCCNC(=O)c1sc2ncnc(N3CCN(C)CC3)c2c1C. The smallest absolute Gasteiger partial charge is 0.261 e. The summed E-state index contributed by atoms with van der Waals surface area (Å²) < 4.78 is 0. The summed E-state index contributed by atoms with van der Waals surface area (Å²) >= 11 is 3.19. The Hall–Kier alpha value is -1.38. The Kier molecular flexibility index (Phi) is 5.57. The zero-order valence-corrected chi connectivity index (χ0v) is 16.0. The minimum Gasteiger partial charge on any atom is -0.353 e. The fraction of sp³-hybridized carbons (Fsp3) is 0.562. The number of hydrogen-bond acceptors (Lipinski definition) is 7. The van der Waals surface area contributed by atoms with E-state index in [2.05, 4.69) is 32.1 Å². The number of rotatable bonds is 5. The summed E-state index contributed by atoms with van der Waals surface area (Å²) in [7, 11) is 2.14. The summed E-state index contributed by atoms with van der Waals surface area (Å²) in [6.07, 6.45) is 3.65. The fourth-order valence-electron chi connectivity index (χ4n) is 2.87. The molecule has 1 fully saturated rings. The Labute approximate surface area is 150 Å². The van der Waals surface area contributed by atoms with Gasteiger partial charge in [-0.3, -0.25) is 4.79 Å². The topological polar surface area (TPSA) is 61.4 Å². The maximum Gasteiger partial charge on any atom is 0.261 e. The van der Waals surface area contributed by atoms with Crippen LogP contribution in [0.15, 0.2) is 6.33 Å². The molecule has 3 heterocycles. The van der Waals surface area contributed by atoms with Crippen molar-refractivity contribution in [2.24, 2.45) is 0 Å². The van der Waals surface area contributed by atoms with Crippen LogP contribution in [-0.4, -0.2) is 72.6 Å². The third-order valence-electron chi connectivity index (χ3n) is 4.31. The zero-order valence-electron chi connectivity index (χ0n) is 14.3. The van der Waals surface area contributed by atoms with E-state index in [1.807, 2.05) is 13.2 Å². The predicted molar refractivity (Wildman–Crippen MR) is 103 cm³/mol. The molecule has 0 bridgehead atoms. The number of nitrogens with one attached hydrogen (secondary N) is 1. The van der Waals surface area contributed by atoms with Gasteiger partial charge in [0, 0.05) is 38.5 Å². The fourth-order valence-corrected chi connectivity index (χ4v) is 4.24. The molecule has 0 radical (unpaired) electrons. The summed E-state index contributed by atoms with van der Waals surface area (Å²) in [6, 6.07) is 0. The first-order chi connectivity index (χ1) is 11.6. The van der Waals surface area contributed by atoms with E-state index in [9.17, 15) is 4.79 Å². The van der Waals surface area contributed by atoms with Gasteiger partial charge >= 0.3 is 0 Å². The van der Waals surface area contributed by atoms with Gasteiger partial charge in [0.15, 0.2) is 0 Å². The van der Waals surface area contributed by atoms with Crippen LogP contribution in [-0.2, 0) is 0 Å². The van der Waals surface area contributed by atoms with Crippen molar-refractivity contribution in [3.8, 4) is 0 Å². The van der Waals surface area contributed by atoms with E-state index in [1.165, 1.54) is 11.3 Å². The number of carbonyl (C=O) groups excluding carboxylic acids is 1. The van der Waals surface area contributed by atoms with E-state index in [1.54, 1.807) is 18.1 Å². The lowest BCUT2D eigenvalue weighted by Gasteiger charge is -2.33. The van der Waals surface area contributed by atoms with Crippen molar-refractivity contribution in [2.75, 3.05) is 56.7 Å². The van der Waals surface area contributed by atoms with E-state index >= 15 is 0 Å². The molecule has 1 saturated heterocycles. The van der Waals surface area contributed by atoms with Gasteiger partial charge in [-0.1, -0.05) is 0 Å².